The zero-order valence-corrected chi connectivity index (χ0v) is 12.5. The maximum Gasteiger partial charge on any atom is 0.223 e. The molecule has 1 heterocycles. The molecule has 1 aromatic heterocycles. The number of H-pyrrole nitrogens is 1. The van der Waals surface area contributed by atoms with Crippen molar-refractivity contribution in [1.82, 2.24) is 10.3 Å². The van der Waals surface area contributed by atoms with Crippen LogP contribution in [0, 0.1) is 12.8 Å². The molecule has 3 rings (SSSR count). The van der Waals surface area contributed by atoms with Gasteiger partial charge in [-0.25, -0.2) is 0 Å². The average molecular weight is 285 g/mol. The highest BCUT2D eigenvalue weighted by molar-refractivity contribution is 5.86. The summed E-state index contributed by atoms with van der Waals surface area (Å²) in [6.45, 7) is 2.81. The van der Waals surface area contributed by atoms with Gasteiger partial charge in [-0.15, -0.1) is 0 Å². The number of hydrogen-bond donors (Lipinski definition) is 3. The number of aromatic amines is 1. The zero-order chi connectivity index (χ0) is 14.8. The molecule has 0 aliphatic heterocycles. The van der Waals surface area contributed by atoms with Gasteiger partial charge in [0.25, 0.3) is 0 Å². The molecule has 1 aliphatic carbocycles. The van der Waals surface area contributed by atoms with Crippen LogP contribution in [-0.2, 0) is 11.2 Å². The second-order valence-corrected chi connectivity index (χ2v) is 6.12. The van der Waals surface area contributed by atoms with Crippen LogP contribution in [0.5, 0.6) is 0 Å². The van der Waals surface area contributed by atoms with Crippen molar-refractivity contribution in [3.63, 3.8) is 0 Å². The van der Waals surface area contributed by atoms with Gasteiger partial charge in [-0.05, 0) is 49.8 Å². The summed E-state index contributed by atoms with van der Waals surface area (Å²) in [5.74, 6) is 0.282. The molecule has 4 N–H and O–H groups in total. The first-order valence-electron chi connectivity index (χ1n) is 7.74. The van der Waals surface area contributed by atoms with Crippen LogP contribution in [0.15, 0.2) is 24.4 Å². The van der Waals surface area contributed by atoms with Gasteiger partial charge in [0, 0.05) is 35.6 Å². The van der Waals surface area contributed by atoms with Crippen LogP contribution in [0.2, 0.25) is 0 Å². The molecule has 1 fully saturated rings. The Kier molecular flexibility index (Phi) is 3.97. The summed E-state index contributed by atoms with van der Waals surface area (Å²) in [5.41, 5.74) is 9.57. The van der Waals surface area contributed by atoms with Crippen molar-refractivity contribution in [2.45, 2.75) is 38.6 Å². The number of nitrogens with one attached hydrogen (secondary N) is 2. The van der Waals surface area contributed by atoms with E-state index in [9.17, 15) is 4.79 Å². The predicted molar refractivity (Wildman–Crippen MR) is 85.1 cm³/mol. The number of carbonyl (C=O) groups is 1. The molecular formula is C17H23N3O. The average Bonchev–Trinajstić information content (AvgIpc) is 3.06. The number of aromatic nitrogens is 1. The predicted octanol–water partition coefficient (Wildman–Crippen LogP) is 2.26. The lowest BCUT2D eigenvalue weighted by Crippen LogP contribution is -2.31. The van der Waals surface area contributed by atoms with E-state index in [1.54, 1.807) is 0 Å². The summed E-state index contributed by atoms with van der Waals surface area (Å²) in [4.78, 5) is 15.4. The maximum atomic E-state index is 12.1. The first-order chi connectivity index (χ1) is 10.1. The fraction of sp³-hybridized carbons (Fsp3) is 0.471. The smallest absolute Gasteiger partial charge is 0.223 e. The second-order valence-electron chi connectivity index (χ2n) is 6.12. The Bertz CT molecular complexity index is 647. The zero-order valence-electron chi connectivity index (χ0n) is 12.5. The van der Waals surface area contributed by atoms with Crippen molar-refractivity contribution < 1.29 is 4.79 Å². The summed E-state index contributed by atoms with van der Waals surface area (Å²) >= 11 is 0. The Morgan fingerprint density at radius 2 is 2.29 bits per heavy atom. The number of carbonyl (C=O) groups excluding carboxylic acids is 1. The quantitative estimate of drug-likeness (QED) is 0.806. The first-order valence-corrected chi connectivity index (χ1v) is 7.74. The molecule has 4 nitrogen and oxygen atoms in total. The number of hydrogen-bond acceptors (Lipinski definition) is 2. The highest BCUT2D eigenvalue weighted by Crippen LogP contribution is 2.24. The van der Waals surface area contributed by atoms with E-state index in [1.807, 2.05) is 0 Å². The van der Waals surface area contributed by atoms with E-state index in [4.69, 9.17) is 5.73 Å². The molecular weight excluding hydrogens is 262 g/mol. The van der Waals surface area contributed by atoms with E-state index >= 15 is 0 Å². The Hall–Kier alpha value is -1.81. The molecule has 112 valence electrons. The Morgan fingerprint density at radius 1 is 1.43 bits per heavy atom. The SMILES string of the molecule is Cc1cccc2[nH]cc(CCNC(=O)C3CCC(N)C3)c12. The van der Waals surface area contributed by atoms with E-state index in [2.05, 4.69) is 41.6 Å². The van der Waals surface area contributed by atoms with Gasteiger partial charge in [-0.2, -0.15) is 0 Å². The van der Waals surface area contributed by atoms with Gasteiger partial charge in [0.1, 0.15) is 0 Å². The summed E-state index contributed by atoms with van der Waals surface area (Å²) in [6, 6.07) is 6.47. The molecule has 0 spiro atoms. The number of nitrogens with two attached hydrogens (primary N) is 1. The highest BCUT2D eigenvalue weighted by Gasteiger charge is 2.27. The van der Waals surface area contributed by atoms with Gasteiger partial charge in [-0.1, -0.05) is 12.1 Å². The lowest BCUT2D eigenvalue weighted by molar-refractivity contribution is -0.124. The molecule has 1 aliphatic rings. The minimum absolute atomic E-state index is 0.115. The van der Waals surface area contributed by atoms with Gasteiger partial charge in [0.05, 0.1) is 0 Å². The molecule has 1 amide bonds. The molecule has 0 saturated heterocycles. The fourth-order valence-corrected chi connectivity index (χ4v) is 3.37. The van der Waals surface area contributed by atoms with Gasteiger partial charge >= 0.3 is 0 Å². The topological polar surface area (TPSA) is 70.9 Å². The van der Waals surface area contributed by atoms with Crippen molar-refractivity contribution >= 4 is 16.8 Å². The lowest BCUT2D eigenvalue weighted by Gasteiger charge is -2.10. The molecule has 0 bridgehead atoms. The second kappa shape index (κ2) is 5.90. The maximum absolute atomic E-state index is 12.1. The minimum atomic E-state index is 0.115. The van der Waals surface area contributed by atoms with Crippen LogP contribution in [0.3, 0.4) is 0 Å². The van der Waals surface area contributed by atoms with Crippen molar-refractivity contribution in [1.29, 1.82) is 0 Å². The van der Waals surface area contributed by atoms with Crippen molar-refractivity contribution in [2.24, 2.45) is 11.7 Å². The van der Waals surface area contributed by atoms with Crippen molar-refractivity contribution in [3.05, 3.63) is 35.5 Å². The highest BCUT2D eigenvalue weighted by atomic mass is 16.1. The van der Waals surface area contributed by atoms with Gasteiger partial charge < -0.3 is 16.0 Å². The molecule has 2 aromatic rings. The van der Waals surface area contributed by atoms with Gasteiger partial charge in [0.2, 0.25) is 5.91 Å². The van der Waals surface area contributed by atoms with E-state index in [0.717, 1.165) is 31.2 Å². The molecule has 2 atom stereocenters. The summed E-state index contributed by atoms with van der Waals surface area (Å²) in [6.07, 6.45) is 5.64. The standard InChI is InChI=1S/C17H23N3O/c1-11-3-2-4-15-16(11)13(10-20-15)7-8-19-17(21)12-5-6-14(18)9-12/h2-4,10,12,14,20H,5-9,18H2,1H3,(H,19,21). The van der Waals surface area contributed by atoms with Gasteiger partial charge in [-0.3, -0.25) is 4.79 Å². The normalized spacial score (nSPS) is 21.8. The number of aryl methyl sites for hydroxylation is 1. The molecule has 1 saturated carbocycles. The Labute approximate surface area is 125 Å². The van der Waals surface area contributed by atoms with Crippen LogP contribution in [-0.4, -0.2) is 23.5 Å². The van der Waals surface area contributed by atoms with E-state index in [0.29, 0.717) is 6.54 Å². The lowest BCUT2D eigenvalue weighted by atomic mass is 10.0. The molecule has 21 heavy (non-hydrogen) atoms. The van der Waals surface area contributed by atoms with Crippen LogP contribution < -0.4 is 11.1 Å². The number of amides is 1. The number of rotatable bonds is 4. The minimum Gasteiger partial charge on any atom is -0.361 e. The van der Waals surface area contributed by atoms with Crippen molar-refractivity contribution in [2.75, 3.05) is 6.54 Å². The van der Waals surface area contributed by atoms with E-state index in [-0.39, 0.29) is 17.9 Å². The summed E-state index contributed by atoms with van der Waals surface area (Å²) < 4.78 is 0. The van der Waals surface area contributed by atoms with Crippen molar-refractivity contribution in [3.8, 4) is 0 Å². The largest absolute Gasteiger partial charge is 0.361 e. The summed E-state index contributed by atoms with van der Waals surface area (Å²) in [5, 5.41) is 4.35. The number of benzene rings is 1. The Morgan fingerprint density at radius 3 is 3.05 bits per heavy atom. The summed E-state index contributed by atoms with van der Waals surface area (Å²) in [7, 11) is 0. The van der Waals surface area contributed by atoms with Crippen LogP contribution in [0.25, 0.3) is 10.9 Å². The van der Waals surface area contributed by atoms with Crippen LogP contribution in [0.4, 0.5) is 0 Å². The molecule has 4 heteroatoms. The van der Waals surface area contributed by atoms with E-state index in [1.165, 1.54) is 16.5 Å². The van der Waals surface area contributed by atoms with E-state index < -0.39 is 0 Å². The van der Waals surface area contributed by atoms with Crippen LogP contribution >= 0.6 is 0 Å². The third kappa shape index (κ3) is 2.95. The third-order valence-corrected chi connectivity index (χ3v) is 4.53. The third-order valence-electron chi connectivity index (χ3n) is 4.53. The first kappa shape index (κ1) is 14.1. The Balaban J connectivity index is 1.58. The molecule has 1 aromatic carbocycles. The number of fused-ring (bicyclic) bond motifs is 1. The van der Waals surface area contributed by atoms with Gasteiger partial charge in [0.15, 0.2) is 0 Å². The molecule has 2 unspecified atom stereocenters. The fourth-order valence-electron chi connectivity index (χ4n) is 3.37. The molecule has 0 radical (unpaired) electrons. The van der Waals surface area contributed by atoms with Crippen LogP contribution in [0.1, 0.15) is 30.4 Å². The monoisotopic (exact) mass is 285 g/mol.